The van der Waals surface area contributed by atoms with Gasteiger partial charge in [0.1, 0.15) is 23.6 Å². The number of nitrogens with one attached hydrogen (secondary N) is 2. The molecule has 25 heavy (non-hydrogen) atoms. The number of aromatic nitrogens is 5. The minimum absolute atomic E-state index is 0.322. The topological polar surface area (TPSA) is 85.9 Å². The highest BCUT2D eigenvalue weighted by Crippen LogP contribution is 2.26. The van der Waals surface area contributed by atoms with E-state index in [9.17, 15) is 0 Å². The summed E-state index contributed by atoms with van der Waals surface area (Å²) in [5, 5.41) is 4.62. The molecular weight excluding hydrogens is 316 g/mol. The maximum absolute atomic E-state index is 4.56. The Balaban J connectivity index is 1.51. The van der Waals surface area contributed by atoms with Crippen molar-refractivity contribution in [2.75, 3.05) is 42.3 Å². The van der Waals surface area contributed by atoms with E-state index in [0.29, 0.717) is 12.0 Å². The van der Waals surface area contributed by atoms with Gasteiger partial charge in [-0.15, -0.1) is 0 Å². The molecule has 0 radical (unpaired) electrons. The van der Waals surface area contributed by atoms with Gasteiger partial charge < -0.3 is 20.1 Å². The quantitative estimate of drug-likeness (QED) is 0.751. The summed E-state index contributed by atoms with van der Waals surface area (Å²) in [6, 6.07) is 4.28. The van der Waals surface area contributed by atoms with Crippen molar-refractivity contribution in [3.63, 3.8) is 0 Å². The second kappa shape index (κ2) is 6.54. The molecule has 8 heteroatoms. The van der Waals surface area contributed by atoms with Crippen molar-refractivity contribution < 1.29 is 0 Å². The van der Waals surface area contributed by atoms with Crippen molar-refractivity contribution in [1.82, 2.24) is 24.9 Å². The van der Waals surface area contributed by atoms with Crippen molar-refractivity contribution in [2.45, 2.75) is 18.9 Å². The lowest BCUT2D eigenvalue weighted by molar-refractivity contribution is 0.526. The fraction of sp³-hybridized carbons (Fsp3) is 0.412. The predicted molar refractivity (Wildman–Crippen MR) is 99.1 cm³/mol. The Morgan fingerprint density at radius 3 is 3.04 bits per heavy atom. The Hall–Kier alpha value is -2.90. The highest BCUT2D eigenvalue weighted by molar-refractivity contribution is 5.87. The fourth-order valence-corrected chi connectivity index (χ4v) is 3.25. The zero-order valence-electron chi connectivity index (χ0n) is 14.5. The molecule has 1 saturated heterocycles. The van der Waals surface area contributed by atoms with Crippen LogP contribution in [0.5, 0.6) is 0 Å². The number of nitrogens with zero attached hydrogens (tertiary/aromatic N) is 6. The summed E-state index contributed by atoms with van der Waals surface area (Å²) in [6.07, 6.45) is 7.54. The van der Waals surface area contributed by atoms with Crippen LogP contribution in [0.25, 0.3) is 11.0 Å². The first-order valence-corrected chi connectivity index (χ1v) is 8.50. The number of rotatable bonds is 4. The molecule has 1 aliphatic rings. The van der Waals surface area contributed by atoms with Crippen molar-refractivity contribution in [3.8, 4) is 0 Å². The van der Waals surface area contributed by atoms with Crippen molar-refractivity contribution in [2.24, 2.45) is 0 Å². The molecule has 8 nitrogen and oxygen atoms in total. The van der Waals surface area contributed by atoms with E-state index in [1.165, 1.54) is 0 Å². The SMILES string of the molecule is CN(C)c1nccc(NC2CCCN(c3ncnc4[nH]ccc34)C2)n1. The molecule has 130 valence electrons. The average molecular weight is 338 g/mol. The number of aromatic amines is 1. The van der Waals surface area contributed by atoms with E-state index in [4.69, 9.17) is 0 Å². The molecule has 1 fully saturated rings. The zero-order valence-corrected chi connectivity index (χ0v) is 14.5. The van der Waals surface area contributed by atoms with Gasteiger partial charge in [0.25, 0.3) is 0 Å². The van der Waals surface area contributed by atoms with Crippen molar-refractivity contribution in [3.05, 3.63) is 30.9 Å². The number of H-pyrrole nitrogens is 1. The monoisotopic (exact) mass is 338 g/mol. The first-order valence-electron chi connectivity index (χ1n) is 8.50. The predicted octanol–water partition coefficient (Wildman–Crippen LogP) is 1.89. The Kier molecular flexibility index (Phi) is 4.09. The maximum Gasteiger partial charge on any atom is 0.226 e. The third kappa shape index (κ3) is 3.19. The summed E-state index contributed by atoms with van der Waals surface area (Å²) in [6.45, 7) is 1.89. The van der Waals surface area contributed by atoms with E-state index in [1.54, 1.807) is 12.5 Å². The molecule has 3 aromatic heterocycles. The Bertz CT molecular complexity index is 858. The molecule has 1 atom stereocenters. The smallest absolute Gasteiger partial charge is 0.226 e. The van der Waals surface area contributed by atoms with Crippen LogP contribution in [-0.4, -0.2) is 58.1 Å². The second-order valence-corrected chi connectivity index (χ2v) is 6.50. The third-order valence-corrected chi connectivity index (χ3v) is 4.45. The van der Waals surface area contributed by atoms with Crippen LogP contribution in [0.1, 0.15) is 12.8 Å². The minimum atomic E-state index is 0.322. The minimum Gasteiger partial charge on any atom is -0.365 e. The van der Waals surface area contributed by atoms with Crippen molar-refractivity contribution in [1.29, 1.82) is 0 Å². The van der Waals surface area contributed by atoms with E-state index in [0.717, 1.165) is 48.6 Å². The van der Waals surface area contributed by atoms with E-state index < -0.39 is 0 Å². The van der Waals surface area contributed by atoms with Crippen LogP contribution >= 0.6 is 0 Å². The molecular formula is C17H22N8. The molecule has 4 heterocycles. The molecule has 0 amide bonds. The Morgan fingerprint density at radius 1 is 1.24 bits per heavy atom. The largest absolute Gasteiger partial charge is 0.365 e. The summed E-state index contributed by atoms with van der Waals surface area (Å²) in [4.78, 5) is 25.0. The van der Waals surface area contributed by atoms with Gasteiger partial charge in [0.15, 0.2) is 0 Å². The Morgan fingerprint density at radius 2 is 2.16 bits per heavy atom. The van der Waals surface area contributed by atoms with Crippen molar-refractivity contribution >= 4 is 28.6 Å². The summed E-state index contributed by atoms with van der Waals surface area (Å²) in [7, 11) is 3.89. The van der Waals surface area contributed by atoms with Crippen LogP contribution in [0, 0.1) is 0 Å². The zero-order chi connectivity index (χ0) is 17.2. The number of fused-ring (bicyclic) bond motifs is 1. The molecule has 1 aliphatic heterocycles. The third-order valence-electron chi connectivity index (χ3n) is 4.45. The normalized spacial score (nSPS) is 17.7. The average Bonchev–Trinajstić information content (AvgIpc) is 3.11. The van der Waals surface area contributed by atoms with Gasteiger partial charge in [0.05, 0.1) is 5.39 Å². The highest BCUT2D eigenvalue weighted by atomic mass is 15.3. The van der Waals surface area contributed by atoms with Gasteiger partial charge in [-0.2, -0.15) is 4.98 Å². The number of hydrogen-bond acceptors (Lipinski definition) is 7. The maximum atomic E-state index is 4.56. The van der Waals surface area contributed by atoms with Crippen LogP contribution in [0.15, 0.2) is 30.9 Å². The van der Waals surface area contributed by atoms with E-state index >= 15 is 0 Å². The van der Waals surface area contributed by atoms with Gasteiger partial charge >= 0.3 is 0 Å². The van der Waals surface area contributed by atoms with Crippen LogP contribution in [0.2, 0.25) is 0 Å². The summed E-state index contributed by atoms with van der Waals surface area (Å²) >= 11 is 0. The van der Waals surface area contributed by atoms with Gasteiger partial charge in [-0.1, -0.05) is 0 Å². The lowest BCUT2D eigenvalue weighted by Crippen LogP contribution is -2.42. The molecule has 0 aromatic carbocycles. The summed E-state index contributed by atoms with van der Waals surface area (Å²) < 4.78 is 0. The molecule has 2 N–H and O–H groups in total. The first kappa shape index (κ1) is 15.6. The number of piperidine rings is 1. The van der Waals surface area contributed by atoms with E-state index in [1.807, 2.05) is 37.3 Å². The van der Waals surface area contributed by atoms with Crippen LogP contribution in [-0.2, 0) is 0 Å². The van der Waals surface area contributed by atoms with Gasteiger partial charge in [-0.25, -0.2) is 15.0 Å². The summed E-state index contributed by atoms with van der Waals surface area (Å²) in [5.41, 5.74) is 0.881. The lowest BCUT2D eigenvalue weighted by Gasteiger charge is -2.34. The number of hydrogen-bond donors (Lipinski definition) is 2. The molecule has 3 aromatic rings. The van der Waals surface area contributed by atoms with Gasteiger partial charge in [-0.3, -0.25) is 0 Å². The van der Waals surface area contributed by atoms with Crippen LogP contribution < -0.4 is 15.1 Å². The standard InChI is InChI=1S/C17H22N8/c1-24(2)17-19-8-6-14(23-17)22-12-4-3-9-25(10-12)16-13-5-7-18-15(13)20-11-21-16/h5-8,11-12H,3-4,9-10H2,1-2H3,(H,18,20,21)(H,19,22,23). The highest BCUT2D eigenvalue weighted by Gasteiger charge is 2.23. The van der Waals surface area contributed by atoms with E-state index in [-0.39, 0.29) is 0 Å². The first-order chi connectivity index (χ1) is 12.2. The molecule has 0 aliphatic carbocycles. The molecule has 4 rings (SSSR count). The molecule has 0 bridgehead atoms. The molecule has 0 saturated carbocycles. The van der Waals surface area contributed by atoms with E-state index in [2.05, 4.69) is 35.1 Å². The van der Waals surface area contributed by atoms with Gasteiger partial charge in [-0.05, 0) is 25.0 Å². The Labute approximate surface area is 146 Å². The molecule has 0 spiro atoms. The summed E-state index contributed by atoms with van der Waals surface area (Å²) in [5.74, 6) is 2.57. The molecule has 1 unspecified atom stereocenters. The second-order valence-electron chi connectivity index (χ2n) is 6.50. The lowest BCUT2D eigenvalue weighted by atomic mass is 10.1. The fourth-order valence-electron chi connectivity index (χ4n) is 3.25. The van der Waals surface area contributed by atoms with Gasteiger partial charge in [0.2, 0.25) is 5.95 Å². The van der Waals surface area contributed by atoms with Crippen LogP contribution in [0.3, 0.4) is 0 Å². The van der Waals surface area contributed by atoms with Crippen LogP contribution in [0.4, 0.5) is 17.6 Å². The number of anilines is 3. The van der Waals surface area contributed by atoms with Gasteiger partial charge in [0, 0.05) is 45.6 Å².